The molecular weight excluding hydrogens is 236 g/mol. The van der Waals surface area contributed by atoms with Crippen LogP contribution in [-0.2, 0) is 12.8 Å². The fraction of sp³-hybridized carbons (Fsp3) is 0.750. The van der Waals surface area contributed by atoms with Crippen LogP contribution in [0, 0.1) is 0 Å². The summed E-state index contributed by atoms with van der Waals surface area (Å²) in [5, 5.41) is 1.14. The van der Waals surface area contributed by atoms with Crippen molar-refractivity contribution < 1.29 is 0 Å². The average Bonchev–Trinajstić information content (AvgIpc) is 2.36. The molecule has 0 aromatic carbocycles. The van der Waals surface area contributed by atoms with Gasteiger partial charge in [-0.2, -0.15) is 4.37 Å². The quantitative estimate of drug-likeness (QED) is 0.767. The van der Waals surface area contributed by atoms with Crippen molar-refractivity contribution in [3.63, 3.8) is 0 Å². The lowest BCUT2D eigenvalue weighted by molar-refractivity contribution is 0.843. The number of halogens is 1. The van der Waals surface area contributed by atoms with Gasteiger partial charge in [-0.05, 0) is 18.0 Å². The number of hydrogen-bond donors (Lipinski definition) is 0. The first-order valence-corrected chi connectivity index (χ1v) is 5.86. The summed E-state index contributed by atoms with van der Waals surface area (Å²) in [5.74, 6) is 1.01. The SMILES string of the molecule is CCCc1nsc(CC(C)Br)n1. The van der Waals surface area contributed by atoms with Crippen LogP contribution in [0.25, 0.3) is 0 Å². The van der Waals surface area contributed by atoms with E-state index in [0.29, 0.717) is 4.83 Å². The molecule has 4 heteroatoms. The van der Waals surface area contributed by atoms with E-state index in [9.17, 15) is 0 Å². The van der Waals surface area contributed by atoms with E-state index in [1.165, 1.54) is 11.5 Å². The Morgan fingerprint density at radius 2 is 2.33 bits per heavy atom. The molecule has 2 nitrogen and oxygen atoms in total. The normalized spacial score (nSPS) is 13.2. The fourth-order valence-electron chi connectivity index (χ4n) is 0.939. The van der Waals surface area contributed by atoms with Gasteiger partial charge in [-0.15, -0.1) is 0 Å². The van der Waals surface area contributed by atoms with E-state index in [2.05, 4.69) is 39.1 Å². The summed E-state index contributed by atoms with van der Waals surface area (Å²) in [6.07, 6.45) is 3.12. The highest BCUT2D eigenvalue weighted by Gasteiger charge is 2.05. The van der Waals surface area contributed by atoms with Crippen LogP contribution in [0.3, 0.4) is 0 Å². The predicted molar refractivity (Wildman–Crippen MR) is 56.0 cm³/mol. The van der Waals surface area contributed by atoms with E-state index in [4.69, 9.17) is 0 Å². The zero-order valence-corrected chi connectivity index (χ0v) is 9.78. The maximum Gasteiger partial charge on any atom is 0.142 e. The monoisotopic (exact) mass is 248 g/mol. The van der Waals surface area contributed by atoms with E-state index < -0.39 is 0 Å². The Labute approximate surface area is 85.7 Å². The van der Waals surface area contributed by atoms with Crippen LogP contribution in [-0.4, -0.2) is 14.2 Å². The Kier molecular flexibility index (Phi) is 4.15. The van der Waals surface area contributed by atoms with Crippen molar-refractivity contribution in [1.29, 1.82) is 0 Å². The smallest absolute Gasteiger partial charge is 0.142 e. The zero-order chi connectivity index (χ0) is 8.97. The molecule has 0 aliphatic rings. The summed E-state index contributed by atoms with van der Waals surface area (Å²) >= 11 is 5.02. The van der Waals surface area contributed by atoms with Gasteiger partial charge in [0.1, 0.15) is 10.8 Å². The summed E-state index contributed by atoms with van der Waals surface area (Å²) < 4.78 is 4.27. The molecular formula is C8H13BrN2S. The minimum Gasteiger partial charge on any atom is -0.225 e. The first-order chi connectivity index (χ1) is 5.72. The third-order valence-electron chi connectivity index (χ3n) is 1.44. The van der Waals surface area contributed by atoms with Crippen molar-refractivity contribution in [1.82, 2.24) is 9.36 Å². The standard InChI is InChI=1S/C8H13BrN2S/c1-3-4-7-10-8(12-11-7)5-6(2)9/h6H,3-5H2,1-2H3. The molecule has 0 saturated carbocycles. The van der Waals surface area contributed by atoms with E-state index in [1.807, 2.05) is 0 Å². The van der Waals surface area contributed by atoms with Gasteiger partial charge in [0.2, 0.25) is 0 Å². The number of rotatable bonds is 4. The minimum absolute atomic E-state index is 0.500. The molecule has 0 amide bonds. The van der Waals surface area contributed by atoms with Gasteiger partial charge in [0.15, 0.2) is 0 Å². The summed E-state index contributed by atoms with van der Waals surface area (Å²) in [7, 11) is 0. The Morgan fingerprint density at radius 3 is 2.92 bits per heavy atom. The van der Waals surface area contributed by atoms with Gasteiger partial charge in [-0.25, -0.2) is 4.98 Å². The Balaban J connectivity index is 2.52. The first-order valence-electron chi connectivity index (χ1n) is 4.18. The molecule has 0 N–H and O–H groups in total. The molecule has 0 saturated heterocycles. The third-order valence-corrected chi connectivity index (χ3v) is 2.53. The second-order valence-electron chi connectivity index (χ2n) is 2.84. The van der Waals surface area contributed by atoms with Gasteiger partial charge < -0.3 is 0 Å². The lowest BCUT2D eigenvalue weighted by Gasteiger charge is -1.95. The number of aryl methyl sites for hydroxylation is 1. The zero-order valence-electron chi connectivity index (χ0n) is 7.38. The number of alkyl halides is 1. The number of hydrogen-bond acceptors (Lipinski definition) is 3. The van der Waals surface area contributed by atoms with E-state index in [0.717, 1.165) is 30.1 Å². The number of aromatic nitrogens is 2. The lowest BCUT2D eigenvalue weighted by Crippen LogP contribution is -1.96. The predicted octanol–water partition coefficient (Wildman–Crippen LogP) is 2.82. The molecule has 1 aromatic rings. The highest BCUT2D eigenvalue weighted by Crippen LogP contribution is 2.12. The van der Waals surface area contributed by atoms with Gasteiger partial charge in [-0.3, -0.25) is 0 Å². The largest absolute Gasteiger partial charge is 0.225 e. The Morgan fingerprint density at radius 1 is 1.58 bits per heavy atom. The van der Waals surface area contributed by atoms with E-state index >= 15 is 0 Å². The maximum atomic E-state index is 4.42. The van der Waals surface area contributed by atoms with Crippen LogP contribution in [0.4, 0.5) is 0 Å². The molecule has 0 radical (unpaired) electrons. The maximum absolute atomic E-state index is 4.42. The van der Waals surface area contributed by atoms with Crippen molar-refractivity contribution in [2.45, 2.75) is 37.9 Å². The molecule has 68 valence electrons. The molecule has 0 spiro atoms. The second kappa shape index (κ2) is 4.92. The third kappa shape index (κ3) is 3.19. The molecule has 0 bridgehead atoms. The van der Waals surface area contributed by atoms with Gasteiger partial charge in [0.05, 0.1) is 0 Å². The van der Waals surface area contributed by atoms with Gasteiger partial charge in [0, 0.05) is 17.7 Å². The molecule has 12 heavy (non-hydrogen) atoms. The van der Waals surface area contributed by atoms with Gasteiger partial charge in [-0.1, -0.05) is 29.8 Å². The Hall–Kier alpha value is 0.0400. The highest BCUT2D eigenvalue weighted by molar-refractivity contribution is 9.09. The van der Waals surface area contributed by atoms with Gasteiger partial charge in [0.25, 0.3) is 0 Å². The molecule has 0 aliphatic heterocycles. The van der Waals surface area contributed by atoms with Crippen molar-refractivity contribution in [3.05, 3.63) is 10.8 Å². The van der Waals surface area contributed by atoms with Crippen LogP contribution in [0.15, 0.2) is 0 Å². The molecule has 1 rings (SSSR count). The fourth-order valence-corrected chi connectivity index (χ4v) is 2.27. The van der Waals surface area contributed by atoms with Crippen molar-refractivity contribution in [2.24, 2.45) is 0 Å². The molecule has 0 fully saturated rings. The Bertz CT molecular complexity index is 235. The second-order valence-corrected chi connectivity index (χ2v) is 5.24. The summed E-state index contributed by atoms with van der Waals surface area (Å²) in [4.78, 5) is 4.92. The van der Waals surface area contributed by atoms with Crippen molar-refractivity contribution in [3.8, 4) is 0 Å². The van der Waals surface area contributed by atoms with E-state index in [1.54, 1.807) is 0 Å². The van der Waals surface area contributed by atoms with Crippen LogP contribution in [0.5, 0.6) is 0 Å². The van der Waals surface area contributed by atoms with Crippen LogP contribution in [0.1, 0.15) is 31.1 Å². The average molecular weight is 249 g/mol. The molecule has 1 unspecified atom stereocenters. The first kappa shape index (κ1) is 10.1. The van der Waals surface area contributed by atoms with Crippen molar-refractivity contribution >= 4 is 27.5 Å². The highest BCUT2D eigenvalue weighted by atomic mass is 79.9. The van der Waals surface area contributed by atoms with Crippen LogP contribution < -0.4 is 0 Å². The topological polar surface area (TPSA) is 25.8 Å². The summed E-state index contributed by atoms with van der Waals surface area (Å²) in [5.41, 5.74) is 0. The number of nitrogens with zero attached hydrogens (tertiary/aromatic N) is 2. The molecule has 0 aliphatic carbocycles. The van der Waals surface area contributed by atoms with Crippen LogP contribution in [0.2, 0.25) is 0 Å². The minimum atomic E-state index is 0.500. The molecule has 1 aromatic heterocycles. The molecule has 1 atom stereocenters. The molecule has 1 heterocycles. The lowest BCUT2D eigenvalue weighted by atomic mass is 10.3. The van der Waals surface area contributed by atoms with Crippen LogP contribution >= 0.6 is 27.5 Å². The van der Waals surface area contributed by atoms with Crippen molar-refractivity contribution in [2.75, 3.05) is 0 Å². The summed E-state index contributed by atoms with van der Waals surface area (Å²) in [6, 6.07) is 0. The van der Waals surface area contributed by atoms with Gasteiger partial charge >= 0.3 is 0 Å². The van der Waals surface area contributed by atoms with E-state index in [-0.39, 0.29) is 0 Å². The summed E-state index contributed by atoms with van der Waals surface area (Å²) in [6.45, 7) is 4.27.